The highest BCUT2D eigenvalue weighted by atomic mass is 16.2. The molecule has 2 aromatic heterocycles. The Kier molecular flexibility index (Phi) is 3.68. The van der Waals surface area contributed by atoms with Gasteiger partial charge in [0, 0.05) is 37.4 Å². The summed E-state index contributed by atoms with van der Waals surface area (Å²) in [5.41, 5.74) is 1.42. The van der Waals surface area contributed by atoms with Crippen molar-refractivity contribution in [1.29, 1.82) is 0 Å². The number of carbonyl (C=O) groups is 1. The third-order valence-electron chi connectivity index (χ3n) is 3.68. The van der Waals surface area contributed by atoms with Crippen molar-refractivity contribution >= 4 is 22.9 Å². The highest BCUT2D eigenvalue weighted by Gasteiger charge is 2.27. The van der Waals surface area contributed by atoms with Gasteiger partial charge >= 0.3 is 0 Å². The Balaban J connectivity index is 1.67. The number of anilines is 1. The first-order valence-corrected chi connectivity index (χ1v) is 7.26. The number of aromatic nitrogens is 3. The molecule has 1 aliphatic rings. The third kappa shape index (κ3) is 2.94. The number of nitrogens with one attached hydrogen (secondary N) is 1. The highest BCUT2D eigenvalue weighted by molar-refractivity contribution is 5.78. The van der Waals surface area contributed by atoms with Crippen LogP contribution in [0.25, 0.3) is 11.2 Å². The molecule has 1 saturated heterocycles. The summed E-state index contributed by atoms with van der Waals surface area (Å²) in [6.07, 6.45) is 4.24. The van der Waals surface area contributed by atoms with Gasteiger partial charge < -0.3 is 10.2 Å². The molecule has 6 nitrogen and oxygen atoms in total. The molecule has 0 bridgehead atoms. The minimum atomic E-state index is 0.0535. The summed E-state index contributed by atoms with van der Waals surface area (Å²) in [6, 6.07) is 4.06. The van der Waals surface area contributed by atoms with Crippen molar-refractivity contribution in [2.24, 2.45) is 5.92 Å². The van der Waals surface area contributed by atoms with Gasteiger partial charge in [0.1, 0.15) is 11.3 Å². The zero-order chi connectivity index (χ0) is 14.8. The molecule has 6 heteroatoms. The van der Waals surface area contributed by atoms with Crippen molar-refractivity contribution in [2.45, 2.75) is 26.3 Å². The van der Waals surface area contributed by atoms with Crippen molar-refractivity contribution in [1.82, 2.24) is 19.9 Å². The maximum atomic E-state index is 12.0. The normalized spacial score (nSPS) is 18.4. The predicted molar refractivity (Wildman–Crippen MR) is 80.8 cm³/mol. The van der Waals surface area contributed by atoms with Crippen LogP contribution < -0.4 is 5.32 Å². The SMILES string of the molecule is CC(C)C(=O)N1CC[C@H](Nc2ccc3nccnc3n2)C1. The lowest BCUT2D eigenvalue weighted by molar-refractivity contribution is -0.133. The first-order valence-electron chi connectivity index (χ1n) is 7.26. The Hall–Kier alpha value is -2.24. The number of amides is 1. The van der Waals surface area contributed by atoms with Gasteiger partial charge in [-0.2, -0.15) is 0 Å². The quantitative estimate of drug-likeness (QED) is 0.929. The highest BCUT2D eigenvalue weighted by Crippen LogP contribution is 2.17. The topological polar surface area (TPSA) is 71.0 Å². The first-order chi connectivity index (χ1) is 10.1. The maximum absolute atomic E-state index is 12.0. The van der Waals surface area contributed by atoms with E-state index in [1.54, 1.807) is 12.4 Å². The Bertz CT molecular complexity index is 657. The molecule has 1 fully saturated rings. The van der Waals surface area contributed by atoms with E-state index >= 15 is 0 Å². The van der Waals surface area contributed by atoms with Crippen LogP contribution in [0.5, 0.6) is 0 Å². The molecule has 3 heterocycles. The standard InChI is InChI=1S/C15H19N5O/c1-10(2)15(21)20-8-5-11(9-20)18-13-4-3-12-14(19-13)17-7-6-16-12/h3-4,6-7,10-11H,5,8-9H2,1-2H3,(H,17,18,19)/t11-/m0/s1. The van der Waals surface area contributed by atoms with Crippen LogP contribution in [0.3, 0.4) is 0 Å². The fourth-order valence-corrected chi connectivity index (χ4v) is 2.59. The molecule has 0 saturated carbocycles. The molecule has 21 heavy (non-hydrogen) atoms. The minimum absolute atomic E-state index is 0.0535. The van der Waals surface area contributed by atoms with Crippen LogP contribution >= 0.6 is 0 Å². The monoisotopic (exact) mass is 285 g/mol. The van der Waals surface area contributed by atoms with E-state index in [0.29, 0.717) is 5.65 Å². The van der Waals surface area contributed by atoms with Crippen LogP contribution in [0.15, 0.2) is 24.5 Å². The van der Waals surface area contributed by atoms with E-state index in [4.69, 9.17) is 0 Å². The number of hydrogen-bond acceptors (Lipinski definition) is 5. The summed E-state index contributed by atoms with van der Waals surface area (Å²) in [5, 5.41) is 3.38. The molecule has 0 spiro atoms. The molecule has 0 aromatic carbocycles. The Morgan fingerprint density at radius 2 is 2.14 bits per heavy atom. The predicted octanol–water partition coefficient (Wildman–Crippen LogP) is 1.69. The number of rotatable bonds is 3. The number of nitrogens with zero attached hydrogens (tertiary/aromatic N) is 4. The average Bonchev–Trinajstić information content (AvgIpc) is 2.94. The van der Waals surface area contributed by atoms with Crippen molar-refractivity contribution < 1.29 is 4.79 Å². The van der Waals surface area contributed by atoms with Gasteiger partial charge in [-0.05, 0) is 18.6 Å². The van der Waals surface area contributed by atoms with Crippen molar-refractivity contribution in [3.8, 4) is 0 Å². The molecule has 1 amide bonds. The zero-order valence-corrected chi connectivity index (χ0v) is 12.3. The second kappa shape index (κ2) is 5.63. The Morgan fingerprint density at radius 1 is 1.33 bits per heavy atom. The van der Waals surface area contributed by atoms with Gasteiger partial charge in [0.2, 0.25) is 5.91 Å². The minimum Gasteiger partial charge on any atom is -0.365 e. The second-order valence-electron chi connectivity index (χ2n) is 5.66. The molecule has 110 valence electrons. The number of pyridine rings is 1. The van der Waals surface area contributed by atoms with Crippen LogP contribution in [-0.4, -0.2) is 44.9 Å². The second-order valence-corrected chi connectivity index (χ2v) is 5.66. The fourth-order valence-electron chi connectivity index (χ4n) is 2.59. The molecule has 0 radical (unpaired) electrons. The third-order valence-corrected chi connectivity index (χ3v) is 3.68. The van der Waals surface area contributed by atoms with Gasteiger partial charge in [0.05, 0.1) is 0 Å². The van der Waals surface area contributed by atoms with E-state index in [0.717, 1.165) is 30.8 Å². The summed E-state index contributed by atoms with van der Waals surface area (Å²) in [5.74, 6) is 1.06. The number of carbonyl (C=O) groups excluding carboxylic acids is 1. The van der Waals surface area contributed by atoms with E-state index in [9.17, 15) is 4.79 Å². The van der Waals surface area contributed by atoms with Gasteiger partial charge in [-0.3, -0.25) is 9.78 Å². The van der Waals surface area contributed by atoms with Gasteiger partial charge in [-0.1, -0.05) is 13.8 Å². The van der Waals surface area contributed by atoms with Crippen LogP contribution in [0, 0.1) is 5.92 Å². The smallest absolute Gasteiger partial charge is 0.225 e. The molecular formula is C15H19N5O. The molecule has 1 aliphatic heterocycles. The Labute approximate surface area is 123 Å². The van der Waals surface area contributed by atoms with E-state index < -0.39 is 0 Å². The van der Waals surface area contributed by atoms with E-state index in [-0.39, 0.29) is 17.9 Å². The zero-order valence-electron chi connectivity index (χ0n) is 12.3. The van der Waals surface area contributed by atoms with Crippen LogP contribution in [0.4, 0.5) is 5.82 Å². The summed E-state index contributed by atoms with van der Waals surface area (Å²) >= 11 is 0. The van der Waals surface area contributed by atoms with Gasteiger partial charge in [-0.25, -0.2) is 9.97 Å². The van der Waals surface area contributed by atoms with Crippen LogP contribution in [0.2, 0.25) is 0 Å². The lowest BCUT2D eigenvalue weighted by Crippen LogP contribution is -2.34. The number of hydrogen-bond donors (Lipinski definition) is 1. The van der Waals surface area contributed by atoms with Crippen LogP contribution in [-0.2, 0) is 4.79 Å². The summed E-state index contributed by atoms with van der Waals surface area (Å²) in [6.45, 7) is 5.42. The van der Waals surface area contributed by atoms with Gasteiger partial charge in [-0.15, -0.1) is 0 Å². The summed E-state index contributed by atoms with van der Waals surface area (Å²) in [4.78, 5) is 26.8. The summed E-state index contributed by atoms with van der Waals surface area (Å²) < 4.78 is 0. The maximum Gasteiger partial charge on any atom is 0.225 e. The number of fused-ring (bicyclic) bond motifs is 1. The van der Waals surface area contributed by atoms with Crippen LogP contribution in [0.1, 0.15) is 20.3 Å². The summed E-state index contributed by atoms with van der Waals surface area (Å²) in [7, 11) is 0. The number of likely N-dealkylation sites (tertiary alicyclic amines) is 1. The van der Waals surface area contributed by atoms with E-state index in [2.05, 4.69) is 20.3 Å². The first kappa shape index (κ1) is 13.7. The largest absolute Gasteiger partial charge is 0.365 e. The van der Waals surface area contributed by atoms with E-state index in [1.807, 2.05) is 30.9 Å². The van der Waals surface area contributed by atoms with E-state index in [1.165, 1.54) is 0 Å². The van der Waals surface area contributed by atoms with Crippen molar-refractivity contribution in [2.75, 3.05) is 18.4 Å². The van der Waals surface area contributed by atoms with Gasteiger partial charge in [0.25, 0.3) is 0 Å². The molecule has 0 aliphatic carbocycles. The molecule has 3 rings (SSSR count). The molecule has 1 N–H and O–H groups in total. The molecular weight excluding hydrogens is 266 g/mol. The molecule has 2 aromatic rings. The van der Waals surface area contributed by atoms with Crippen molar-refractivity contribution in [3.05, 3.63) is 24.5 Å². The fraction of sp³-hybridized carbons (Fsp3) is 0.467. The lowest BCUT2D eigenvalue weighted by Gasteiger charge is -2.19. The lowest BCUT2D eigenvalue weighted by atomic mass is 10.2. The molecule has 1 atom stereocenters. The van der Waals surface area contributed by atoms with Crippen molar-refractivity contribution in [3.63, 3.8) is 0 Å². The van der Waals surface area contributed by atoms with Gasteiger partial charge in [0.15, 0.2) is 5.65 Å². The molecule has 0 unspecified atom stereocenters. The average molecular weight is 285 g/mol. The Morgan fingerprint density at radius 3 is 2.95 bits per heavy atom.